The van der Waals surface area contributed by atoms with Crippen LogP contribution in [0.1, 0.15) is 12.5 Å². The summed E-state index contributed by atoms with van der Waals surface area (Å²) < 4.78 is 52.2. The number of hydrogen-bond donors (Lipinski definition) is 0. The molecule has 0 saturated carbocycles. The predicted molar refractivity (Wildman–Crippen MR) is 55.5 cm³/mol. The summed E-state index contributed by atoms with van der Waals surface area (Å²) in [5.74, 6) is -1.15. The monoisotopic (exact) mass is 250 g/mol. The molecule has 0 fully saturated rings. The highest BCUT2D eigenvalue weighted by Crippen LogP contribution is 2.13. The summed E-state index contributed by atoms with van der Waals surface area (Å²) in [5, 5.41) is 0. The fourth-order valence-corrected chi connectivity index (χ4v) is 2.01. The van der Waals surface area contributed by atoms with Crippen LogP contribution in [0, 0.1) is 11.6 Å². The van der Waals surface area contributed by atoms with Gasteiger partial charge in [0.1, 0.15) is 11.6 Å². The van der Waals surface area contributed by atoms with E-state index in [1.54, 1.807) is 0 Å². The van der Waals surface area contributed by atoms with Gasteiger partial charge in [0.25, 0.3) is 10.1 Å². The third-order valence-electron chi connectivity index (χ3n) is 1.85. The molecule has 0 amide bonds. The van der Waals surface area contributed by atoms with Crippen LogP contribution in [-0.2, 0) is 20.7 Å². The molecule has 0 N–H and O–H groups in total. The zero-order chi connectivity index (χ0) is 12.3. The Balaban J connectivity index is 2.77. The van der Waals surface area contributed by atoms with E-state index in [4.69, 9.17) is 0 Å². The van der Waals surface area contributed by atoms with Crippen molar-refractivity contribution in [3.8, 4) is 0 Å². The lowest BCUT2D eigenvalue weighted by Crippen LogP contribution is -2.17. The first-order chi connectivity index (χ1) is 7.28. The van der Waals surface area contributed by atoms with Crippen molar-refractivity contribution in [2.24, 2.45) is 0 Å². The van der Waals surface area contributed by atoms with Gasteiger partial charge in [-0.1, -0.05) is 0 Å². The number of hydrogen-bond acceptors (Lipinski definition) is 3. The van der Waals surface area contributed by atoms with Crippen LogP contribution < -0.4 is 0 Å². The van der Waals surface area contributed by atoms with Crippen molar-refractivity contribution < 1.29 is 21.4 Å². The average Bonchev–Trinajstić information content (AvgIpc) is 2.08. The molecule has 90 valence electrons. The largest absolute Gasteiger partial charge is 0.267 e. The minimum absolute atomic E-state index is 0.00331. The van der Waals surface area contributed by atoms with E-state index in [9.17, 15) is 17.2 Å². The van der Waals surface area contributed by atoms with Crippen molar-refractivity contribution in [3.63, 3.8) is 0 Å². The Hall–Kier alpha value is -1.01. The molecular formula is C10H12F2O3S. The smallest absolute Gasteiger partial charge is 0.264 e. The van der Waals surface area contributed by atoms with E-state index in [0.717, 1.165) is 24.5 Å². The second kappa shape index (κ2) is 4.88. The summed E-state index contributed by atoms with van der Waals surface area (Å²) in [6.07, 6.45) is 0.175. The molecule has 6 heteroatoms. The van der Waals surface area contributed by atoms with Gasteiger partial charge in [0.15, 0.2) is 0 Å². The molecule has 0 bridgehead atoms. The lowest BCUT2D eigenvalue weighted by atomic mass is 10.1. The Morgan fingerprint density at radius 3 is 2.56 bits per heavy atom. The van der Waals surface area contributed by atoms with Crippen molar-refractivity contribution >= 4 is 10.1 Å². The van der Waals surface area contributed by atoms with Gasteiger partial charge in [0.05, 0.1) is 12.4 Å². The molecule has 16 heavy (non-hydrogen) atoms. The topological polar surface area (TPSA) is 43.4 Å². The molecule has 0 unspecified atom stereocenters. The average molecular weight is 250 g/mol. The Kier molecular flexibility index (Phi) is 3.98. The molecule has 0 heterocycles. The zero-order valence-corrected chi connectivity index (χ0v) is 9.72. The fraction of sp³-hybridized carbons (Fsp3) is 0.400. The van der Waals surface area contributed by atoms with Crippen LogP contribution in [0.2, 0.25) is 0 Å². The molecule has 1 rings (SSSR count). The Bertz CT molecular complexity index is 471. The maximum atomic E-state index is 13.2. The Morgan fingerprint density at radius 1 is 1.38 bits per heavy atom. The van der Waals surface area contributed by atoms with Gasteiger partial charge < -0.3 is 0 Å². The van der Waals surface area contributed by atoms with Gasteiger partial charge >= 0.3 is 0 Å². The molecule has 1 aromatic rings. The van der Waals surface area contributed by atoms with Crippen LogP contribution in [0.15, 0.2) is 18.2 Å². The zero-order valence-electron chi connectivity index (χ0n) is 8.91. The quantitative estimate of drug-likeness (QED) is 0.766. The van der Waals surface area contributed by atoms with Gasteiger partial charge in [0.2, 0.25) is 0 Å². The third-order valence-corrected chi connectivity index (χ3v) is 2.53. The van der Waals surface area contributed by atoms with E-state index in [0.29, 0.717) is 0 Å². The van der Waals surface area contributed by atoms with Crippen LogP contribution >= 0.6 is 0 Å². The molecule has 0 aliphatic rings. The van der Waals surface area contributed by atoms with E-state index in [2.05, 4.69) is 4.18 Å². The molecular weight excluding hydrogens is 238 g/mol. The molecule has 0 aliphatic heterocycles. The lowest BCUT2D eigenvalue weighted by Gasteiger charge is -2.11. The van der Waals surface area contributed by atoms with Crippen molar-refractivity contribution in [2.75, 3.05) is 6.26 Å². The minimum Gasteiger partial charge on any atom is -0.267 e. The summed E-state index contributed by atoms with van der Waals surface area (Å²) in [5.41, 5.74) is 0.0937. The number of halogens is 2. The third kappa shape index (κ3) is 4.24. The first kappa shape index (κ1) is 13.1. The normalized spacial score (nSPS) is 13.8. The van der Waals surface area contributed by atoms with Gasteiger partial charge in [-0.2, -0.15) is 8.42 Å². The number of rotatable bonds is 4. The van der Waals surface area contributed by atoms with Gasteiger partial charge in [-0.3, -0.25) is 4.18 Å². The van der Waals surface area contributed by atoms with E-state index in [-0.39, 0.29) is 12.0 Å². The van der Waals surface area contributed by atoms with Crippen molar-refractivity contribution in [3.05, 3.63) is 35.4 Å². The second-order valence-corrected chi connectivity index (χ2v) is 5.15. The van der Waals surface area contributed by atoms with Gasteiger partial charge in [-0.05, 0) is 30.7 Å². The summed E-state index contributed by atoms with van der Waals surface area (Å²) in [6, 6.07) is 3.02. The standard InChI is InChI=1S/C10H12F2O3S/c1-7(15-16(2,13)14)5-8-6-9(11)3-4-10(8)12/h3-4,6-7H,5H2,1-2H3/t7-/m1/s1. The molecule has 3 nitrogen and oxygen atoms in total. The maximum Gasteiger partial charge on any atom is 0.264 e. The highest BCUT2D eigenvalue weighted by molar-refractivity contribution is 7.86. The molecule has 0 radical (unpaired) electrons. The van der Waals surface area contributed by atoms with Crippen LogP contribution in [0.4, 0.5) is 8.78 Å². The van der Waals surface area contributed by atoms with E-state index < -0.39 is 27.9 Å². The first-order valence-electron chi connectivity index (χ1n) is 4.60. The summed E-state index contributed by atoms with van der Waals surface area (Å²) in [7, 11) is -3.58. The van der Waals surface area contributed by atoms with E-state index in [1.807, 2.05) is 0 Å². The van der Waals surface area contributed by atoms with Crippen LogP contribution in [0.3, 0.4) is 0 Å². The van der Waals surface area contributed by atoms with Crippen LogP contribution in [-0.4, -0.2) is 20.8 Å². The molecule has 0 saturated heterocycles. The first-order valence-corrected chi connectivity index (χ1v) is 6.42. The SMILES string of the molecule is C[C@H](Cc1cc(F)ccc1F)OS(C)(=O)=O. The van der Waals surface area contributed by atoms with Gasteiger partial charge in [-0.25, -0.2) is 8.78 Å². The molecule has 0 spiro atoms. The second-order valence-electron chi connectivity index (χ2n) is 3.55. The van der Waals surface area contributed by atoms with E-state index >= 15 is 0 Å². The van der Waals surface area contributed by atoms with Crippen LogP contribution in [0.25, 0.3) is 0 Å². The maximum absolute atomic E-state index is 13.2. The van der Waals surface area contributed by atoms with Gasteiger partial charge in [-0.15, -0.1) is 0 Å². The predicted octanol–water partition coefficient (Wildman–Crippen LogP) is 1.87. The molecule has 0 aromatic heterocycles. The molecule has 1 atom stereocenters. The Morgan fingerprint density at radius 2 is 2.00 bits per heavy atom. The highest BCUT2D eigenvalue weighted by atomic mass is 32.2. The number of benzene rings is 1. The highest BCUT2D eigenvalue weighted by Gasteiger charge is 2.13. The van der Waals surface area contributed by atoms with E-state index in [1.165, 1.54) is 6.92 Å². The van der Waals surface area contributed by atoms with Crippen molar-refractivity contribution in [1.29, 1.82) is 0 Å². The summed E-state index contributed by atoms with van der Waals surface area (Å²) in [4.78, 5) is 0. The Labute approximate surface area is 93.2 Å². The minimum atomic E-state index is -3.58. The van der Waals surface area contributed by atoms with Crippen LogP contribution in [0.5, 0.6) is 0 Å². The summed E-state index contributed by atoms with van der Waals surface area (Å²) in [6.45, 7) is 1.48. The molecule has 1 aromatic carbocycles. The lowest BCUT2D eigenvalue weighted by molar-refractivity contribution is 0.230. The summed E-state index contributed by atoms with van der Waals surface area (Å²) >= 11 is 0. The fourth-order valence-electron chi connectivity index (χ4n) is 1.34. The van der Waals surface area contributed by atoms with Crippen molar-refractivity contribution in [2.45, 2.75) is 19.4 Å². The van der Waals surface area contributed by atoms with Crippen molar-refractivity contribution in [1.82, 2.24) is 0 Å². The van der Waals surface area contributed by atoms with Gasteiger partial charge in [0, 0.05) is 6.42 Å². The molecule has 0 aliphatic carbocycles.